The number of rotatable bonds is 4. The van der Waals surface area contributed by atoms with Gasteiger partial charge in [0.15, 0.2) is 0 Å². The number of hydrogen-bond acceptors (Lipinski definition) is 2. The minimum Gasteiger partial charge on any atom is -0.392 e. The fourth-order valence-electron chi connectivity index (χ4n) is 4.10. The van der Waals surface area contributed by atoms with Gasteiger partial charge in [-0.1, -0.05) is 38.2 Å². The van der Waals surface area contributed by atoms with E-state index in [0.29, 0.717) is 0 Å². The monoisotopic (exact) mass is 273 g/mol. The van der Waals surface area contributed by atoms with Crippen molar-refractivity contribution in [3.63, 3.8) is 0 Å². The van der Waals surface area contributed by atoms with E-state index in [1.165, 1.54) is 56.2 Å². The van der Waals surface area contributed by atoms with Gasteiger partial charge in [0, 0.05) is 17.8 Å². The molecule has 1 aromatic rings. The highest BCUT2D eigenvalue weighted by molar-refractivity contribution is 5.26. The lowest BCUT2D eigenvalue weighted by molar-refractivity contribution is 0.112. The number of aryl methyl sites for hydroxylation is 1. The van der Waals surface area contributed by atoms with Gasteiger partial charge in [-0.25, -0.2) is 0 Å². The number of nitrogens with zero attached hydrogens (tertiary/aromatic N) is 1. The van der Waals surface area contributed by atoms with Crippen LogP contribution in [0.25, 0.3) is 0 Å². The second-order valence-electron chi connectivity index (χ2n) is 6.70. The molecule has 1 saturated carbocycles. The van der Waals surface area contributed by atoms with E-state index in [4.69, 9.17) is 0 Å². The minimum absolute atomic E-state index is 0.189. The Hall–Kier alpha value is -0.890. The summed E-state index contributed by atoms with van der Waals surface area (Å²) in [5, 5.41) is 10.6. The molecular weight excluding hydrogens is 246 g/mol. The summed E-state index contributed by atoms with van der Waals surface area (Å²) >= 11 is 0. The van der Waals surface area contributed by atoms with Crippen LogP contribution in [0, 0.1) is 5.92 Å². The van der Waals surface area contributed by atoms with Gasteiger partial charge in [0.2, 0.25) is 0 Å². The van der Waals surface area contributed by atoms with Gasteiger partial charge >= 0.3 is 0 Å². The maximum absolute atomic E-state index is 10.6. The molecule has 1 fully saturated rings. The van der Waals surface area contributed by atoms with E-state index in [-0.39, 0.29) is 12.0 Å². The molecule has 2 unspecified atom stereocenters. The van der Waals surface area contributed by atoms with Gasteiger partial charge in [-0.05, 0) is 49.7 Å². The van der Waals surface area contributed by atoms with E-state index >= 15 is 0 Å². The predicted molar refractivity (Wildman–Crippen MR) is 81.7 cm³/mol. The van der Waals surface area contributed by atoms with Gasteiger partial charge < -0.3 is 5.11 Å². The molecule has 1 aromatic heterocycles. The Kier molecular flexibility index (Phi) is 4.72. The summed E-state index contributed by atoms with van der Waals surface area (Å²) in [6.07, 6.45) is 14.3. The number of aromatic nitrogens is 1. The second kappa shape index (κ2) is 6.71. The first-order valence-electron chi connectivity index (χ1n) is 8.46. The molecule has 2 heteroatoms. The highest BCUT2D eigenvalue weighted by Gasteiger charge is 2.28. The largest absolute Gasteiger partial charge is 0.392 e. The molecule has 0 radical (unpaired) electrons. The van der Waals surface area contributed by atoms with E-state index in [9.17, 15) is 5.11 Å². The third-order valence-corrected chi connectivity index (χ3v) is 5.30. The zero-order chi connectivity index (χ0) is 13.8. The van der Waals surface area contributed by atoms with Crippen molar-refractivity contribution in [2.24, 2.45) is 5.92 Å². The molecule has 20 heavy (non-hydrogen) atoms. The lowest BCUT2D eigenvalue weighted by Crippen LogP contribution is -2.25. The van der Waals surface area contributed by atoms with Crippen molar-refractivity contribution in [1.82, 2.24) is 4.98 Å². The molecule has 2 aliphatic carbocycles. The molecule has 2 nitrogen and oxygen atoms in total. The molecule has 0 bridgehead atoms. The Bertz CT molecular complexity index is 425. The van der Waals surface area contributed by atoms with E-state index < -0.39 is 0 Å². The first-order chi connectivity index (χ1) is 9.84. The molecule has 110 valence electrons. The topological polar surface area (TPSA) is 33.1 Å². The number of aliphatic hydroxyl groups is 1. The minimum atomic E-state index is -0.189. The van der Waals surface area contributed by atoms with Gasteiger partial charge in [-0.2, -0.15) is 0 Å². The standard InChI is InChI=1S/C18H27NO/c20-17(12-11-14-6-2-1-3-7-14)16-10-4-8-15-9-5-13-19-18(15)16/h5,9,13-14,16-17,20H,1-4,6-8,10-12H2. The van der Waals surface area contributed by atoms with Gasteiger partial charge in [0.25, 0.3) is 0 Å². The van der Waals surface area contributed by atoms with Crippen LogP contribution in [0.2, 0.25) is 0 Å². The van der Waals surface area contributed by atoms with Crippen LogP contribution in [0.3, 0.4) is 0 Å². The van der Waals surface area contributed by atoms with E-state index in [2.05, 4.69) is 11.1 Å². The van der Waals surface area contributed by atoms with Crippen LogP contribution in [-0.4, -0.2) is 16.2 Å². The molecule has 1 heterocycles. The van der Waals surface area contributed by atoms with Crippen molar-refractivity contribution in [2.75, 3.05) is 0 Å². The molecule has 0 spiro atoms. The number of hydrogen-bond donors (Lipinski definition) is 1. The van der Waals surface area contributed by atoms with E-state index in [1.807, 2.05) is 12.3 Å². The summed E-state index contributed by atoms with van der Waals surface area (Å²) in [6, 6.07) is 4.21. The van der Waals surface area contributed by atoms with Crippen LogP contribution in [0.5, 0.6) is 0 Å². The Morgan fingerprint density at radius 3 is 2.85 bits per heavy atom. The van der Waals surface area contributed by atoms with Crippen LogP contribution in [0.1, 0.15) is 75.0 Å². The molecule has 2 aliphatic rings. The number of pyridine rings is 1. The van der Waals surface area contributed by atoms with Crippen LogP contribution < -0.4 is 0 Å². The predicted octanol–water partition coefficient (Wildman–Crippen LogP) is 4.22. The Morgan fingerprint density at radius 1 is 1.15 bits per heavy atom. The van der Waals surface area contributed by atoms with Crippen molar-refractivity contribution in [3.8, 4) is 0 Å². The quantitative estimate of drug-likeness (QED) is 0.891. The maximum atomic E-state index is 10.6. The molecule has 0 aliphatic heterocycles. The first kappa shape index (κ1) is 14.1. The number of fused-ring (bicyclic) bond motifs is 1. The molecule has 3 rings (SSSR count). The molecule has 0 amide bonds. The fourth-order valence-corrected chi connectivity index (χ4v) is 4.10. The average Bonchev–Trinajstić information content (AvgIpc) is 2.53. The summed E-state index contributed by atoms with van der Waals surface area (Å²) in [6.45, 7) is 0. The second-order valence-corrected chi connectivity index (χ2v) is 6.70. The third kappa shape index (κ3) is 3.22. The fraction of sp³-hybridized carbons (Fsp3) is 0.722. The Balaban J connectivity index is 1.58. The van der Waals surface area contributed by atoms with Gasteiger partial charge in [0.1, 0.15) is 0 Å². The van der Waals surface area contributed by atoms with Crippen molar-refractivity contribution < 1.29 is 5.11 Å². The summed E-state index contributed by atoms with van der Waals surface area (Å²) in [7, 11) is 0. The lowest BCUT2D eigenvalue weighted by Gasteiger charge is -2.30. The van der Waals surface area contributed by atoms with Crippen LogP contribution in [-0.2, 0) is 6.42 Å². The number of aliphatic hydroxyl groups excluding tert-OH is 1. The summed E-state index contributed by atoms with van der Waals surface area (Å²) in [4.78, 5) is 4.56. The molecule has 0 aromatic carbocycles. The van der Waals surface area contributed by atoms with E-state index in [1.54, 1.807) is 0 Å². The summed E-state index contributed by atoms with van der Waals surface area (Å²) < 4.78 is 0. The molecule has 2 atom stereocenters. The maximum Gasteiger partial charge on any atom is 0.0624 e. The third-order valence-electron chi connectivity index (χ3n) is 5.30. The SMILES string of the molecule is OC(CCC1CCCCC1)C1CCCc2cccnc21. The van der Waals surface area contributed by atoms with Crippen molar-refractivity contribution in [2.45, 2.75) is 76.2 Å². The average molecular weight is 273 g/mol. The van der Waals surface area contributed by atoms with Gasteiger partial charge in [0.05, 0.1) is 6.10 Å². The lowest BCUT2D eigenvalue weighted by atomic mass is 9.79. The zero-order valence-electron chi connectivity index (χ0n) is 12.4. The van der Waals surface area contributed by atoms with Gasteiger partial charge in [-0.3, -0.25) is 4.98 Å². The summed E-state index contributed by atoms with van der Waals surface area (Å²) in [5.41, 5.74) is 2.54. The Morgan fingerprint density at radius 2 is 2.00 bits per heavy atom. The van der Waals surface area contributed by atoms with Crippen LogP contribution in [0.15, 0.2) is 18.3 Å². The van der Waals surface area contributed by atoms with E-state index in [0.717, 1.165) is 25.2 Å². The first-order valence-corrected chi connectivity index (χ1v) is 8.46. The van der Waals surface area contributed by atoms with Gasteiger partial charge in [-0.15, -0.1) is 0 Å². The van der Waals surface area contributed by atoms with Crippen molar-refractivity contribution >= 4 is 0 Å². The highest BCUT2D eigenvalue weighted by Crippen LogP contribution is 2.35. The highest BCUT2D eigenvalue weighted by atomic mass is 16.3. The summed E-state index contributed by atoms with van der Waals surface area (Å²) in [5.74, 6) is 1.15. The van der Waals surface area contributed by atoms with Crippen molar-refractivity contribution in [1.29, 1.82) is 0 Å². The Labute approximate surface area is 122 Å². The normalized spacial score (nSPS) is 25.1. The van der Waals surface area contributed by atoms with Crippen LogP contribution >= 0.6 is 0 Å². The molecule has 0 saturated heterocycles. The molecule has 1 N–H and O–H groups in total. The smallest absolute Gasteiger partial charge is 0.0624 e. The molecular formula is C18H27NO. The van der Waals surface area contributed by atoms with Crippen molar-refractivity contribution in [3.05, 3.63) is 29.6 Å². The van der Waals surface area contributed by atoms with Crippen LogP contribution in [0.4, 0.5) is 0 Å². The zero-order valence-corrected chi connectivity index (χ0v) is 12.4.